The number of hydrogen-bond acceptors (Lipinski definition) is 2. The summed E-state index contributed by atoms with van der Waals surface area (Å²) < 4.78 is 0. The van der Waals surface area contributed by atoms with Crippen molar-refractivity contribution in [1.29, 1.82) is 0 Å². The first-order valence-electron chi connectivity index (χ1n) is 6.06. The molecular formula is C15H15NO3. The molecule has 0 atom stereocenters. The van der Waals surface area contributed by atoms with E-state index in [1.54, 1.807) is 30.3 Å². The highest BCUT2D eigenvalue weighted by atomic mass is 16.4. The third kappa shape index (κ3) is 2.73. The number of carboxylic acids is 1. The molecule has 0 saturated carbocycles. The summed E-state index contributed by atoms with van der Waals surface area (Å²) in [6, 6.07) is 10.1. The molecule has 4 heteroatoms. The van der Waals surface area contributed by atoms with E-state index in [0.717, 1.165) is 10.8 Å². The van der Waals surface area contributed by atoms with E-state index in [9.17, 15) is 9.59 Å². The molecule has 0 spiro atoms. The number of carbonyl (C=O) groups excluding carboxylic acids is 1. The van der Waals surface area contributed by atoms with Crippen LogP contribution >= 0.6 is 0 Å². The van der Waals surface area contributed by atoms with Crippen molar-refractivity contribution in [3.05, 3.63) is 47.5 Å². The van der Waals surface area contributed by atoms with E-state index < -0.39 is 5.97 Å². The third-order valence-electron chi connectivity index (χ3n) is 2.79. The summed E-state index contributed by atoms with van der Waals surface area (Å²) in [6.45, 7) is 3.79. The number of carbonyl (C=O) groups is 2. The topological polar surface area (TPSA) is 66.4 Å². The zero-order valence-electron chi connectivity index (χ0n) is 10.8. The van der Waals surface area contributed by atoms with Gasteiger partial charge in [-0.15, -0.1) is 0 Å². The lowest BCUT2D eigenvalue weighted by Gasteiger charge is -2.10. The first-order valence-corrected chi connectivity index (χ1v) is 6.06. The second kappa shape index (κ2) is 5.10. The summed E-state index contributed by atoms with van der Waals surface area (Å²) in [7, 11) is 0. The van der Waals surface area contributed by atoms with Gasteiger partial charge >= 0.3 is 5.97 Å². The predicted molar refractivity (Wildman–Crippen MR) is 73.5 cm³/mol. The smallest absolute Gasteiger partial charge is 0.335 e. The van der Waals surface area contributed by atoms with Crippen molar-refractivity contribution >= 4 is 22.6 Å². The summed E-state index contributed by atoms with van der Waals surface area (Å²) in [6.07, 6.45) is 0. The summed E-state index contributed by atoms with van der Waals surface area (Å²) in [4.78, 5) is 23.0. The van der Waals surface area contributed by atoms with Crippen molar-refractivity contribution in [2.75, 3.05) is 0 Å². The fourth-order valence-corrected chi connectivity index (χ4v) is 1.95. The van der Waals surface area contributed by atoms with Gasteiger partial charge < -0.3 is 10.4 Å². The Hall–Kier alpha value is -2.36. The molecule has 0 aromatic heterocycles. The summed E-state index contributed by atoms with van der Waals surface area (Å²) >= 11 is 0. The Balaban J connectivity index is 2.52. The molecule has 1 amide bonds. The van der Waals surface area contributed by atoms with Crippen LogP contribution in [0.1, 0.15) is 34.6 Å². The number of benzene rings is 2. The van der Waals surface area contributed by atoms with Gasteiger partial charge in [0.15, 0.2) is 0 Å². The van der Waals surface area contributed by atoms with Crippen molar-refractivity contribution < 1.29 is 14.7 Å². The lowest BCUT2D eigenvalue weighted by atomic mass is 10.0. The number of hydrogen-bond donors (Lipinski definition) is 2. The van der Waals surface area contributed by atoms with Crippen LogP contribution in [0.5, 0.6) is 0 Å². The van der Waals surface area contributed by atoms with E-state index in [1.165, 1.54) is 6.07 Å². The Bertz CT molecular complexity index is 647. The molecule has 4 nitrogen and oxygen atoms in total. The Morgan fingerprint density at radius 3 is 2.53 bits per heavy atom. The second-order valence-electron chi connectivity index (χ2n) is 4.67. The van der Waals surface area contributed by atoms with Crippen molar-refractivity contribution in [3.63, 3.8) is 0 Å². The standard InChI is InChI=1S/C15H15NO3/c1-9(2)16-14(17)13-5-3-4-10-8-11(15(18)19)6-7-12(10)13/h3-9H,1-2H3,(H,16,17)(H,18,19). The molecule has 0 bridgehead atoms. The van der Waals surface area contributed by atoms with Crippen LogP contribution < -0.4 is 5.32 Å². The number of fused-ring (bicyclic) bond motifs is 1. The number of nitrogens with one attached hydrogen (secondary N) is 1. The van der Waals surface area contributed by atoms with Gasteiger partial charge in [0.1, 0.15) is 0 Å². The van der Waals surface area contributed by atoms with Crippen LogP contribution in [0.15, 0.2) is 36.4 Å². The number of amides is 1. The van der Waals surface area contributed by atoms with E-state index in [1.807, 2.05) is 13.8 Å². The largest absolute Gasteiger partial charge is 0.478 e. The van der Waals surface area contributed by atoms with Gasteiger partial charge in [0.05, 0.1) is 5.56 Å². The summed E-state index contributed by atoms with van der Waals surface area (Å²) in [5.41, 5.74) is 0.775. The number of aromatic carboxylic acids is 1. The Morgan fingerprint density at radius 2 is 1.89 bits per heavy atom. The predicted octanol–water partition coefficient (Wildman–Crippen LogP) is 2.68. The normalized spacial score (nSPS) is 10.7. The number of rotatable bonds is 3. The van der Waals surface area contributed by atoms with Gasteiger partial charge in [-0.1, -0.05) is 18.2 Å². The molecule has 2 N–H and O–H groups in total. The highest BCUT2D eigenvalue weighted by Gasteiger charge is 2.12. The van der Waals surface area contributed by atoms with E-state index in [2.05, 4.69) is 5.32 Å². The monoisotopic (exact) mass is 257 g/mol. The fourth-order valence-electron chi connectivity index (χ4n) is 1.95. The summed E-state index contributed by atoms with van der Waals surface area (Å²) in [5.74, 6) is -1.12. The van der Waals surface area contributed by atoms with Crippen molar-refractivity contribution in [2.45, 2.75) is 19.9 Å². The van der Waals surface area contributed by atoms with E-state index >= 15 is 0 Å². The molecule has 0 aliphatic carbocycles. The Morgan fingerprint density at radius 1 is 1.16 bits per heavy atom. The minimum atomic E-state index is -0.973. The molecule has 19 heavy (non-hydrogen) atoms. The van der Waals surface area contributed by atoms with Gasteiger partial charge in [-0.3, -0.25) is 4.79 Å². The van der Waals surface area contributed by atoms with Crippen LogP contribution in [0.4, 0.5) is 0 Å². The minimum Gasteiger partial charge on any atom is -0.478 e. The van der Waals surface area contributed by atoms with Crippen LogP contribution in [0, 0.1) is 0 Å². The van der Waals surface area contributed by atoms with Crippen molar-refractivity contribution in [2.24, 2.45) is 0 Å². The van der Waals surface area contributed by atoms with Gasteiger partial charge in [-0.25, -0.2) is 4.79 Å². The molecule has 0 saturated heterocycles. The molecule has 0 aliphatic heterocycles. The maximum absolute atomic E-state index is 12.1. The van der Waals surface area contributed by atoms with E-state index in [4.69, 9.17) is 5.11 Å². The zero-order chi connectivity index (χ0) is 14.0. The zero-order valence-corrected chi connectivity index (χ0v) is 10.8. The summed E-state index contributed by atoms with van der Waals surface area (Å²) in [5, 5.41) is 13.3. The molecule has 2 aromatic rings. The molecule has 98 valence electrons. The lowest BCUT2D eigenvalue weighted by molar-refractivity contribution is 0.0696. The molecule has 2 rings (SSSR count). The van der Waals surface area contributed by atoms with Crippen LogP contribution in [0.2, 0.25) is 0 Å². The SMILES string of the molecule is CC(C)NC(=O)c1cccc2cc(C(=O)O)ccc12. The first-order chi connectivity index (χ1) is 8.99. The molecule has 0 unspecified atom stereocenters. The van der Waals surface area contributed by atoms with Gasteiger partial charge in [0.25, 0.3) is 5.91 Å². The fraction of sp³-hybridized carbons (Fsp3) is 0.200. The van der Waals surface area contributed by atoms with Crippen molar-refractivity contribution in [1.82, 2.24) is 5.32 Å². The molecule has 0 radical (unpaired) electrons. The maximum Gasteiger partial charge on any atom is 0.335 e. The molecule has 0 aliphatic rings. The van der Waals surface area contributed by atoms with Crippen molar-refractivity contribution in [3.8, 4) is 0 Å². The first kappa shape index (κ1) is 13.1. The average molecular weight is 257 g/mol. The van der Waals surface area contributed by atoms with Crippen LogP contribution in [-0.4, -0.2) is 23.0 Å². The quantitative estimate of drug-likeness (QED) is 0.888. The highest BCUT2D eigenvalue weighted by molar-refractivity contribution is 6.08. The minimum absolute atomic E-state index is 0.0565. The molecule has 2 aromatic carbocycles. The van der Waals surface area contributed by atoms with Crippen LogP contribution in [0.25, 0.3) is 10.8 Å². The highest BCUT2D eigenvalue weighted by Crippen LogP contribution is 2.20. The van der Waals surface area contributed by atoms with Gasteiger partial charge in [-0.05, 0) is 42.8 Å². The molecular weight excluding hydrogens is 242 g/mol. The van der Waals surface area contributed by atoms with Gasteiger partial charge in [0, 0.05) is 11.6 Å². The maximum atomic E-state index is 12.1. The molecule has 0 fully saturated rings. The van der Waals surface area contributed by atoms with E-state index in [-0.39, 0.29) is 17.5 Å². The lowest BCUT2D eigenvalue weighted by Crippen LogP contribution is -2.30. The van der Waals surface area contributed by atoms with E-state index in [0.29, 0.717) is 5.56 Å². The van der Waals surface area contributed by atoms with Crippen LogP contribution in [-0.2, 0) is 0 Å². The van der Waals surface area contributed by atoms with Crippen LogP contribution in [0.3, 0.4) is 0 Å². The Labute approximate surface area is 111 Å². The van der Waals surface area contributed by atoms with Gasteiger partial charge in [-0.2, -0.15) is 0 Å². The third-order valence-corrected chi connectivity index (χ3v) is 2.79. The average Bonchev–Trinajstić information content (AvgIpc) is 2.36. The molecule has 0 heterocycles. The van der Waals surface area contributed by atoms with Gasteiger partial charge in [0.2, 0.25) is 0 Å². The number of carboxylic acid groups (broad SMARTS) is 1. The Kier molecular flexibility index (Phi) is 3.51. The second-order valence-corrected chi connectivity index (χ2v) is 4.67.